The zero-order valence-corrected chi connectivity index (χ0v) is 29.6. The van der Waals surface area contributed by atoms with Crippen LogP contribution in [0.1, 0.15) is 93.5 Å². The van der Waals surface area contributed by atoms with E-state index in [9.17, 15) is 19.5 Å². The third kappa shape index (κ3) is 6.60. The molecular weight excluding hydrogens is 639 g/mol. The first-order chi connectivity index (χ1) is 23.7. The molecule has 2 aromatic heterocycles. The minimum atomic E-state index is -1.08. The molecule has 3 fully saturated rings. The van der Waals surface area contributed by atoms with Crippen LogP contribution in [0.4, 0.5) is 0 Å². The first-order valence-electron chi connectivity index (χ1n) is 18.0. The van der Waals surface area contributed by atoms with Gasteiger partial charge in [0, 0.05) is 54.2 Å². The molecule has 4 aliphatic rings. The van der Waals surface area contributed by atoms with Crippen molar-refractivity contribution >= 4 is 39.9 Å². The number of fused-ring (bicyclic) bond motifs is 3. The van der Waals surface area contributed by atoms with Crippen molar-refractivity contribution in [1.29, 1.82) is 0 Å². The fourth-order valence-electron chi connectivity index (χ4n) is 8.48. The molecule has 5 atom stereocenters. The van der Waals surface area contributed by atoms with E-state index in [0.717, 1.165) is 57.9 Å². The number of carbonyl (C=O) groups excluding carboxylic acids is 2. The minimum Gasteiger partial charge on any atom is -0.496 e. The Balaban J connectivity index is 1.21. The second kappa shape index (κ2) is 13.8. The van der Waals surface area contributed by atoms with E-state index in [4.69, 9.17) is 19.4 Å². The van der Waals surface area contributed by atoms with Crippen LogP contribution in [0.2, 0.25) is 0 Å². The van der Waals surface area contributed by atoms with E-state index in [1.165, 1.54) is 32.1 Å². The number of hydrogen-bond donors (Lipinski definition) is 1. The highest BCUT2D eigenvalue weighted by Gasteiger charge is 2.61. The number of allylic oxidation sites excluding steroid dienone is 2. The Morgan fingerprint density at radius 2 is 1.82 bits per heavy atom. The summed E-state index contributed by atoms with van der Waals surface area (Å²) in [6.07, 6.45) is 13.5. The number of rotatable bonds is 6. The SMILES string of the molecule is COc1ccc2c(O[C@H]3CC4C(=O)N(C)CCCC/C=C\[C@H]5C[C@@]5(C(=O)O)CC(=O)[C@@H]4C3)cc(-c3csc(C4CCCCC4)n3)nc2c1C. The van der Waals surface area contributed by atoms with Gasteiger partial charge < -0.3 is 19.5 Å². The summed E-state index contributed by atoms with van der Waals surface area (Å²) in [5.74, 6) is -0.585. The Labute approximate surface area is 292 Å². The molecule has 1 N–H and O–H groups in total. The maximum atomic E-state index is 14.0. The molecule has 49 heavy (non-hydrogen) atoms. The van der Waals surface area contributed by atoms with Crippen LogP contribution >= 0.6 is 11.3 Å². The van der Waals surface area contributed by atoms with Crippen molar-refractivity contribution in [2.75, 3.05) is 20.7 Å². The smallest absolute Gasteiger partial charge is 0.310 e. The standard InChI is InChI=1S/C39H47N3O6S/c1-23-33(47-3)15-14-27-34(19-30(40-35(23)27)31-22-49-36(41-31)24-11-7-6-8-12-24)48-26-17-28-29(18-26)37(44)42(2)16-10-5-4-9-13-25-20-39(25,38(45)46)21-32(28)43/h9,13-15,19,22,24-26,28-29H,4-8,10-12,16-18,20-21H2,1-3H3,(H,45,46)/b13-9-/t25-,26+,28+,29?,39+/m0/s1. The summed E-state index contributed by atoms with van der Waals surface area (Å²) in [5.41, 5.74) is 2.12. The van der Waals surface area contributed by atoms with E-state index < -0.39 is 29.3 Å². The molecule has 1 aliphatic heterocycles. The second-order valence-corrected chi connectivity index (χ2v) is 15.6. The highest BCUT2D eigenvalue weighted by molar-refractivity contribution is 7.10. The molecule has 0 radical (unpaired) electrons. The molecule has 7 rings (SSSR count). The van der Waals surface area contributed by atoms with Crippen molar-refractivity contribution in [2.24, 2.45) is 23.2 Å². The summed E-state index contributed by atoms with van der Waals surface area (Å²) in [7, 11) is 3.46. The number of ether oxygens (including phenoxy) is 2. The van der Waals surface area contributed by atoms with Gasteiger partial charge in [-0.15, -0.1) is 11.3 Å². The fourth-order valence-corrected chi connectivity index (χ4v) is 9.47. The topological polar surface area (TPSA) is 119 Å². The third-order valence-electron chi connectivity index (χ3n) is 11.6. The van der Waals surface area contributed by atoms with Gasteiger partial charge in [-0.1, -0.05) is 31.4 Å². The van der Waals surface area contributed by atoms with Gasteiger partial charge in [0.25, 0.3) is 0 Å². The molecule has 1 aromatic carbocycles. The highest BCUT2D eigenvalue weighted by Crippen LogP contribution is 2.57. The number of carboxylic acids is 1. The van der Waals surface area contributed by atoms with Crippen LogP contribution in [0.5, 0.6) is 11.5 Å². The van der Waals surface area contributed by atoms with Gasteiger partial charge in [0.15, 0.2) is 0 Å². The van der Waals surface area contributed by atoms with Crippen LogP contribution in [0.3, 0.4) is 0 Å². The van der Waals surface area contributed by atoms with Crippen molar-refractivity contribution in [1.82, 2.24) is 14.9 Å². The number of carbonyl (C=O) groups is 3. The molecule has 0 saturated heterocycles. The number of carboxylic acid groups (broad SMARTS) is 1. The molecule has 0 spiro atoms. The first-order valence-corrected chi connectivity index (χ1v) is 18.8. The average molecular weight is 686 g/mol. The van der Waals surface area contributed by atoms with E-state index >= 15 is 0 Å². The number of aromatic nitrogens is 2. The quantitative estimate of drug-likeness (QED) is 0.262. The van der Waals surface area contributed by atoms with Gasteiger partial charge in [-0.05, 0) is 76.3 Å². The summed E-state index contributed by atoms with van der Waals surface area (Å²) >= 11 is 1.70. The molecule has 0 bridgehead atoms. The van der Waals surface area contributed by atoms with Crippen LogP contribution in [0.15, 0.2) is 35.7 Å². The largest absolute Gasteiger partial charge is 0.496 e. The number of pyridine rings is 1. The number of aryl methyl sites for hydroxylation is 1. The number of benzene rings is 1. The fraction of sp³-hybridized carbons (Fsp3) is 0.564. The van der Waals surface area contributed by atoms with Crippen molar-refractivity contribution in [2.45, 2.75) is 96.0 Å². The highest BCUT2D eigenvalue weighted by atomic mass is 32.1. The lowest BCUT2D eigenvalue weighted by Crippen LogP contribution is -2.38. The number of ketones is 1. The molecule has 3 aromatic rings. The van der Waals surface area contributed by atoms with E-state index in [2.05, 4.69) is 5.38 Å². The number of thiazole rings is 1. The molecule has 9 nitrogen and oxygen atoms in total. The van der Waals surface area contributed by atoms with E-state index in [0.29, 0.717) is 37.5 Å². The van der Waals surface area contributed by atoms with Crippen molar-refractivity contribution in [3.63, 3.8) is 0 Å². The van der Waals surface area contributed by atoms with Gasteiger partial charge in [0.05, 0.1) is 40.4 Å². The molecular formula is C39H47N3O6S. The van der Waals surface area contributed by atoms with Crippen LogP contribution in [0, 0.1) is 30.1 Å². The lowest BCUT2D eigenvalue weighted by atomic mass is 9.84. The van der Waals surface area contributed by atoms with Gasteiger partial charge in [0.2, 0.25) is 5.91 Å². The predicted molar refractivity (Wildman–Crippen MR) is 189 cm³/mol. The average Bonchev–Trinajstić information content (AvgIpc) is 3.40. The van der Waals surface area contributed by atoms with Gasteiger partial charge in [0.1, 0.15) is 23.4 Å². The Hall–Kier alpha value is -3.79. The molecule has 3 saturated carbocycles. The summed E-state index contributed by atoms with van der Waals surface area (Å²) in [4.78, 5) is 52.3. The number of hydrogen-bond acceptors (Lipinski definition) is 8. The Kier molecular flexibility index (Phi) is 9.52. The lowest BCUT2D eigenvalue weighted by molar-refractivity contribution is -0.147. The lowest BCUT2D eigenvalue weighted by Gasteiger charge is -2.25. The zero-order valence-electron chi connectivity index (χ0n) is 28.8. The molecule has 10 heteroatoms. The van der Waals surface area contributed by atoms with Gasteiger partial charge in [-0.25, -0.2) is 9.97 Å². The van der Waals surface area contributed by atoms with Crippen LogP contribution < -0.4 is 9.47 Å². The summed E-state index contributed by atoms with van der Waals surface area (Å²) in [6, 6.07) is 5.81. The predicted octanol–water partition coefficient (Wildman–Crippen LogP) is 7.75. The van der Waals surface area contributed by atoms with Crippen molar-refractivity contribution in [3.8, 4) is 22.9 Å². The van der Waals surface area contributed by atoms with Crippen molar-refractivity contribution < 1.29 is 29.0 Å². The van der Waals surface area contributed by atoms with E-state index in [1.807, 2.05) is 44.3 Å². The number of amides is 1. The van der Waals surface area contributed by atoms with Crippen LogP contribution in [-0.2, 0) is 14.4 Å². The molecule has 260 valence electrons. The Bertz CT molecular complexity index is 1780. The maximum absolute atomic E-state index is 14.0. The van der Waals surface area contributed by atoms with Gasteiger partial charge in [-0.2, -0.15) is 0 Å². The number of Topliss-reactive ketones (excluding diaryl/α,β-unsaturated/α-hetero) is 1. The van der Waals surface area contributed by atoms with Crippen molar-refractivity contribution in [3.05, 3.63) is 46.3 Å². The van der Waals surface area contributed by atoms with E-state index in [1.54, 1.807) is 23.3 Å². The van der Waals surface area contributed by atoms with Crippen LogP contribution in [0.25, 0.3) is 22.3 Å². The van der Waals surface area contributed by atoms with Gasteiger partial charge in [-0.3, -0.25) is 14.4 Å². The first kappa shape index (κ1) is 33.7. The normalized spacial score (nSPS) is 28.8. The minimum absolute atomic E-state index is 0.0588. The Morgan fingerprint density at radius 3 is 2.59 bits per heavy atom. The number of nitrogens with zero attached hydrogens (tertiary/aromatic N) is 3. The maximum Gasteiger partial charge on any atom is 0.310 e. The monoisotopic (exact) mass is 685 g/mol. The summed E-state index contributed by atoms with van der Waals surface area (Å²) in [6.45, 7) is 2.61. The number of methoxy groups -OCH3 is 1. The molecule has 3 aliphatic carbocycles. The second-order valence-electron chi connectivity index (χ2n) is 14.7. The van der Waals surface area contributed by atoms with E-state index in [-0.39, 0.29) is 24.0 Å². The molecule has 1 amide bonds. The summed E-state index contributed by atoms with van der Waals surface area (Å²) < 4.78 is 12.5. The van der Waals surface area contributed by atoms with Gasteiger partial charge >= 0.3 is 5.97 Å². The molecule has 3 heterocycles. The molecule has 1 unspecified atom stereocenters. The number of aliphatic carboxylic acids is 1. The van der Waals surface area contributed by atoms with Crippen LogP contribution in [-0.4, -0.2) is 64.4 Å². The third-order valence-corrected chi connectivity index (χ3v) is 12.6. The zero-order chi connectivity index (χ0) is 34.3. The summed E-state index contributed by atoms with van der Waals surface area (Å²) in [5, 5.41) is 14.3. The Morgan fingerprint density at radius 1 is 1.02 bits per heavy atom.